The summed E-state index contributed by atoms with van der Waals surface area (Å²) in [5, 5.41) is 0.702. The monoisotopic (exact) mass is 293 g/mol. The molecule has 0 aliphatic carbocycles. The van der Waals surface area contributed by atoms with Gasteiger partial charge in [-0.3, -0.25) is 4.79 Å². The van der Waals surface area contributed by atoms with Gasteiger partial charge >= 0.3 is 0 Å². The Kier molecular flexibility index (Phi) is 4.24. The molecule has 106 valence electrons. The first-order valence-corrected chi connectivity index (χ1v) is 6.70. The van der Waals surface area contributed by atoms with Crippen molar-refractivity contribution in [2.75, 3.05) is 21.3 Å². The quantitative estimate of drug-likeness (QED) is 0.793. The highest BCUT2D eigenvalue weighted by Crippen LogP contribution is 2.45. The molecular weight excluding hydrogens is 278 g/mol. The molecule has 20 heavy (non-hydrogen) atoms. The van der Waals surface area contributed by atoms with Gasteiger partial charge in [0.25, 0.3) is 0 Å². The van der Waals surface area contributed by atoms with Gasteiger partial charge < -0.3 is 14.2 Å². The molecule has 0 amide bonds. The molecule has 0 bridgehead atoms. The smallest absolute Gasteiger partial charge is 0.204 e. The molecule has 0 unspecified atom stereocenters. The third-order valence-electron chi connectivity index (χ3n) is 2.79. The van der Waals surface area contributed by atoms with Gasteiger partial charge in [0.1, 0.15) is 5.01 Å². The van der Waals surface area contributed by atoms with E-state index < -0.39 is 0 Å². The number of ketones is 1. The number of ether oxygens (including phenoxy) is 3. The lowest BCUT2D eigenvalue weighted by Gasteiger charge is -2.14. The predicted molar refractivity (Wildman–Crippen MR) is 77.2 cm³/mol. The SMILES string of the molecule is COc1ccc(-c2ncc(C(C)=O)s2)c(OC)c1OC. The number of aromatic nitrogens is 1. The summed E-state index contributed by atoms with van der Waals surface area (Å²) >= 11 is 1.32. The highest BCUT2D eigenvalue weighted by molar-refractivity contribution is 7.17. The number of hydrogen-bond acceptors (Lipinski definition) is 6. The fourth-order valence-electron chi connectivity index (χ4n) is 1.83. The molecule has 2 aromatic rings. The van der Waals surface area contributed by atoms with Gasteiger partial charge in [0.2, 0.25) is 5.75 Å². The van der Waals surface area contributed by atoms with Gasteiger partial charge in [-0.2, -0.15) is 0 Å². The second-order valence-electron chi connectivity index (χ2n) is 3.97. The fourth-order valence-corrected chi connectivity index (χ4v) is 2.66. The first kappa shape index (κ1) is 14.3. The Bertz CT molecular complexity index is 636. The summed E-state index contributed by atoms with van der Waals surface area (Å²) in [6, 6.07) is 3.62. The minimum absolute atomic E-state index is 0.00630. The van der Waals surface area contributed by atoms with Crippen molar-refractivity contribution in [1.29, 1.82) is 0 Å². The van der Waals surface area contributed by atoms with Crippen molar-refractivity contribution in [3.63, 3.8) is 0 Å². The number of thiazole rings is 1. The zero-order valence-corrected chi connectivity index (χ0v) is 12.5. The van der Waals surface area contributed by atoms with Gasteiger partial charge in [0.05, 0.1) is 31.8 Å². The summed E-state index contributed by atoms with van der Waals surface area (Å²) in [5.74, 6) is 1.62. The lowest BCUT2D eigenvalue weighted by Crippen LogP contribution is -1.96. The van der Waals surface area contributed by atoms with Crippen molar-refractivity contribution < 1.29 is 19.0 Å². The zero-order valence-electron chi connectivity index (χ0n) is 11.7. The van der Waals surface area contributed by atoms with Crippen LogP contribution >= 0.6 is 11.3 Å². The molecule has 5 nitrogen and oxygen atoms in total. The average molecular weight is 293 g/mol. The van der Waals surface area contributed by atoms with E-state index in [0.29, 0.717) is 27.1 Å². The molecule has 2 rings (SSSR count). The molecule has 0 N–H and O–H groups in total. The second-order valence-corrected chi connectivity index (χ2v) is 5.00. The highest BCUT2D eigenvalue weighted by atomic mass is 32.1. The Balaban J connectivity index is 2.58. The molecule has 1 aromatic carbocycles. The molecule has 0 aliphatic rings. The molecule has 6 heteroatoms. The predicted octanol–water partition coefficient (Wildman–Crippen LogP) is 3.04. The van der Waals surface area contributed by atoms with Gasteiger partial charge in [0.15, 0.2) is 17.3 Å². The van der Waals surface area contributed by atoms with E-state index in [2.05, 4.69) is 4.98 Å². The Morgan fingerprint density at radius 2 is 1.80 bits per heavy atom. The third kappa shape index (κ3) is 2.46. The van der Waals surface area contributed by atoms with Crippen molar-refractivity contribution in [1.82, 2.24) is 4.98 Å². The maximum Gasteiger partial charge on any atom is 0.204 e. The number of carbonyl (C=O) groups is 1. The number of rotatable bonds is 5. The van der Waals surface area contributed by atoms with Crippen molar-refractivity contribution in [2.45, 2.75) is 6.92 Å². The molecule has 0 fully saturated rings. The van der Waals surface area contributed by atoms with Crippen molar-refractivity contribution in [2.24, 2.45) is 0 Å². The van der Waals surface area contributed by atoms with E-state index in [4.69, 9.17) is 14.2 Å². The maximum atomic E-state index is 11.4. The van der Waals surface area contributed by atoms with E-state index in [9.17, 15) is 4.79 Å². The van der Waals surface area contributed by atoms with Crippen molar-refractivity contribution in [3.8, 4) is 27.8 Å². The molecule has 0 aliphatic heterocycles. The minimum atomic E-state index is -0.00630. The maximum absolute atomic E-state index is 11.4. The van der Waals surface area contributed by atoms with E-state index in [1.54, 1.807) is 33.6 Å². The first-order valence-electron chi connectivity index (χ1n) is 5.88. The molecular formula is C14H15NO4S. The molecule has 0 spiro atoms. The van der Waals surface area contributed by atoms with Crippen LogP contribution in [-0.2, 0) is 0 Å². The molecule has 0 saturated heterocycles. The number of carbonyl (C=O) groups excluding carboxylic acids is 1. The Morgan fingerprint density at radius 3 is 2.30 bits per heavy atom. The molecule has 0 saturated carbocycles. The summed E-state index contributed by atoms with van der Waals surface area (Å²) in [6.07, 6.45) is 1.57. The van der Waals surface area contributed by atoms with Crippen LogP contribution in [0, 0.1) is 0 Å². The lowest BCUT2D eigenvalue weighted by atomic mass is 10.2. The summed E-state index contributed by atoms with van der Waals surface area (Å²) < 4.78 is 16.0. The van der Waals surface area contributed by atoms with E-state index >= 15 is 0 Å². The van der Waals surface area contributed by atoms with Crippen LogP contribution in [0.3, 0.4) is 0 Å². The van der Waals surface area contributed by atoms with Crippen LogP contribution in [0.4, 0.5) is 0 Å². The fraction of sp³-hybridized carbons (Fsp3) is 0.286. The summed E-state index contributed by atoms with van der Waals surface area (Å²) in [6.45, 7) is 1.52. The lowest BCUT2D eigenvalue weighted by molar-refractivity contribution is 0.102. The zero-order chi connectivity index (χ0) is 14.7. The minimum Gasteiger partial charge on any atom is -0.493 e. The largest absolute Gasteiger partial charge is 0.493 e. The Hall–Kier alpha value is -2.08. The highest BCUT2D eigenvalue weighted by Gasteiger charge is 2.19. The van der Waals surface area contributed by atoms with Crippen molar-refractivity contribution >= 4 is 17.1 Å². The number of nitrogens with zero attached hydrogens (tertiary/aromatic N) is 1. The van der Waals surface area contributed by atoms with Crippen LogP contribution in [0.15, 0.2) is 18.3 Å². The van der Waals surface area contributed by atoms with Crippen LogP contribution < -0.4 is 14.2 Å². The van der Waals surface area contributed by atoms with E-state index in [1.807, 2.05) is 6.07 Å². The van der Waals surface area contributed by atoms with Crippen LogP contribution in [0.25, 0.3) is 10.6 Å². The number of benzene rings is 1. The van der Waals surface area contributed by atoms with Crippen LogP contribution in [0.5, 0.6) is 17.2 Å². The number of methoxy groups -OCH3 is 3. The average Bonchev–Trinajstić information content (AvgIpc) is 2.95. The first-order chi connectivity index (χ1) is 9.62. The Morgan fingerprint density at radius 1 is 1.10 bits per heavy atom. The van der Waals surface area contributed by atoms with E-state index in [-0.39, 0.29) is 5.78 Å². The van der Waals surface area contributed by atoms with E-state index in [0.717, 1.165) is 5.56 Å². The van der Waals surface area contributed by atoms with Crippen LogP contribution in [-0.4, -0.2) is 32.1 Å². The number of Topliss-reactive ketones (excluding diaryl/α,β-unsaturated/α-hetero) is 1. The second kappa shape index (κ2) is 5.92. The van der Waals surface area contributed by atoms with Crippen LogP contribution in [0.2, 0.25) is 0 Å². The molecule has 1 aromatic heterocycles. The Labute approximate surface area is 121 Å². The molecule has 0 radical (unpaired) electrons. The molecule has 1 heterocycles. The van der Waals surface area contributed by atoms with Gasteiger partial charge in [-0.1, -0.05) is 0 Å². The molecule has 0 atom stereocenters. The standard InChI is InChI=1S/C14H15NO4S/c1-8(16)11-7-15-14(20-11)9-5-6-10(17-2)13(19-4)12(9)18-3/h5-7H,1-4H3. The topological polar surface area (TPSA) is 57.7 Å². The summed E-state index contributed by atoms with van der Waals surface area (Å²) in [4.78, 5) is 16.2. The normalized spacial score (nSPS) is 10.2. The summed E-state index contributed by atoms with van der Waals surface area (Å²) in [5.41, 5.74) is 0.766. The van der Waals surface area contributed by atoms with Gasteiger partial charge in [-0.15, -0.1) is 11.3 Å². The van der Waals surface area contributed by atoms with Gasteiger partial charge in [0, 0.05) is 13.1 Å². The van der Waals surface area contributed by atoms with Gasteiger partial charge in [-0.25, -0.2) is 4.98 Å². The number of hydrogen-bond donors (Lipinski definition) is 0. The van der Waals surface area contributed by atoms with Crippen LogP contribution in [0.1, 0.15) is 16.6 Å². The van der Waals surface area contributed by atoms with Gasteiger partial charge in [-0.05, 0) is 12.1 Å². The van der Waals surface area contributed by atoms with E-state index in [1.165, 1.54) is 18.3 Å². The van der Waals surface area contributed by atoms with Crippen molar-refractivity contribution in [3.05, 3.63) is 23.2 Å². The third-order valence-corrected chi connectivity index (χ3v) is 3.92. The summed E-state index contributed by atoms with van der Waals surface area (Å²) in [7, 11) is 4.67.